The molecule has 0 unspecified atom stereocenters. The number of fused-ring (bicyclic) bond motifs is 1. The number of nitrogens with zero attached hydrogens (tertiary/aromatic N) is 3. The molecule has 5 rings (SSSR count). The summed E-state index contributed by atoms with van der Waals surface area (Å²) in [6.45, 7) is 2.16. The van der Waals surface area contributed by atoms with Gasteiger partial charge >= 0.3 is 5.97 Å². The predicted molar refractivity (Wildman–Crippen MR) is 159 cm³/mol. The summed E-state index contributed by atoms with van der Waals surface area (Å²) in [5.74, 6) is -1.40. The lowest BCUT2D eigenvalue weighted by Gasteiger charge is -2.15. The lowest BCUT2D eigenvalue weighted by atomic mass is 9.97. The molecule has 6 nitrogen and oxygen atoms in total. The van der Waals surface area contributed by atoms with E-state index in [2.05, 4.69) is 72.1 Å². The molecule has 1 N–H and O–H groups in total. The fraction of sp³-hybridized carbons (Fsp3) is 0.152. The maximum atomic E-state index is 12.6. The van der Waals surface area contributed by atoms with Crippen molar-refractivity contribution in [2.75, 3.05) is 38.0 Å². The quantitative estimate of drug-likeness (QED) is 0.254. The third kappa shape index (κ3) is 6.02. The molecule has 0 aliphatic rings. The zero-order valence-corrected chi connectivity index (χ0v) is 22.9. The first-order valence-corrected chi connectivity index (χ1v) is 12.7. The van der Waals surface area contributed by atoms with Crippen molar-refractivity contribution < 1.29 is 14.7 Å². The van der Waals surface area contributed by atoms with Crippen molar-refractivity contribution in [3.63, 3.8) is 0 Å². The molecular formula is C33H33N3O3. The topological polar surface area (TPSA) is 65.3 Å². The van der Waals surface area contributed by atoms with Crippen LogP contribution < -0.4 is 9.80 Å². The molecule has 5 aromatic rings. The number of hydrogen-bond acceptors (Lipinski definition) is 4. The second kappa shape index (κ2) is 11.7. The molecule has 2 aromatic heterocycles. The van der Waals surface area contributed by atoms with Crippen LogP contribution in [0.5, 0.6) is 0 Å². The number of carboxylic acid groups (broad SMARTS) is 1. The van der Waals surface area contributed by atoms with Crippen molar-refractivity contribution in [2.24, 2.45) is 0 Å². The number of ketones is 1. The average Bonchev–Trinajstić information content (AvgIpc) is 3.28. The molecule has 0 spiro atoms. The second-order valence-corrected chi connectivity index (χ2v) is 9.74. The zero-order chi connectivity index (χ0) is 28.1. The van der Waals surface area contributed by atoms with Crippen molar-refractivity contribution >= 4 is 28.6 Å². The van der Waals surface area contributed by atoms with Gasteiger partial charge in [0, 0.05) is 62.4 Å². The van der Waals surface area contributed by atoms with Gasteiger partial charge in [0.25, 0.3) is 0 Å². The van der Waals surface area contributed by atoms with Crippen LogP contribution in [0, 0.1) is 6.92 Å². The number of anilines is 2. The summed E-state index contributed by atoms with van der Waals surface area (Å²) in [6.07, 6.45) is 2.12. The van der Waals surface area contributed by atoms with E-state index in [4.69, 9.17) is 0 Å². The normalized spacial score (nSPS) is 10.5. The van der Waals surface area contributed by atoms with Crippen molar-refractivity contribution in [3.8, 4) is 11.3 Å². The summed E-state index contributed by atoms with van der Waals surface area (Å²) in [5, 5.41) is 9.41. The standard InChI is InChI=1S/C18H20N2O3.C15H13N/c1-19(2)13-7-5-12(6-8-13)17(21)15-10-9-14(20(3)4)11-16(15)18(22)23;1-12-11-14-9-5-6-10-16(14)15(12)13-7-3-2-4-8-13/h5-11H,1-4H3,(H,22,23);2-11H,1H3. The SMILES string of the molecule is CN(C)c1ccc(C(=O)c2ccc(N(C)C)cc2C(=O)O)cc1.Cc1cc2ccccn2c1-c1ccccc1. The van der Waals surface area contributed by atoms with Crippen molar-refractivity contribution in [1.82, 2.24) is 4.40 Å². The van der Waals surface area contributed by atoms with E-state index in [1.807, 2.05) is 45.2 Å². The molecule has 198 valence electrons. The first-order chi connectivity index (χ1) is 18.7. The van der Waals surface area contributed by atoms with Gasteiger partial charge in [0.1, 0.15) is 0 Å². The molecule has 3 aromatic carbocycles. The Labute approximate surface area is 229 Å². The Kier molecular flexibility index (Phi) is 8.15. The summed E-state index contributed by atoms with van der Waals surface area (Å²) in [5.41, 5.74) is 7.51. The highest BCUT2D eigenvalue weighted by Gasteiger charge is 2.19. The summed E-state index contributed by atoms with van der Waals surface area (Å²) < 4.78 is 2.24. The highest BCUT2D eigenvalue weighted by Crippen LogP contribution is 2.26. The van der Waals surface area contributed by atoms with Crippen LogP contribution in [0.4, 0.5) is 11.4 Å². The Balaban J connectivity index is 0.000000192. The van der Waals surface area contributed by atoms with Crippen molar-refractivity contribution in [2.45, 2.75) is 6.92 Å². The molecule has 0 saturated carbocycles. The Bertz CT molecular complexity index is 1600. The monoisotopic (exact) mass is 519 g/mol. The Hall–Kier alpha value is -4.84. The van der Waals surface area contributed by atoms with Gasteiger partial charge in [-0.15, -0.1) is 0 Å². The number of carboxylic acids is 1. The molecular weight excluding hydrogens is 486 g/mol. The van der Waals surface area contributed by atoms with Gasteiger partial charge in [-0.3, -0.25) is 4.79 Å². The molecule has 0 saturated heterocycles. The summed E-state index contributed by atoms with van der Waals surface area (Å²) in [6, 6.07) is 30.9. The highest BCUT2D eigenvalue weighted by atomic mass is 16.4. The van der Waals surface area contributed by atoms with E-state index in [0.717, 1.165) is 11.4 Å². The van der Waals surface area contributed by atoms with Crippen LogP contribution in [-0.4, -0.2) is 49.5 Å². The predicted octanol–water partition coefficient (Wildman–Crippen LogP) is 6.66. The largest absolute Gasteiger partial charge is 0.478 e. The summed E-state index contributed by atoms with van der Waals surface area (Å²) in [4.78, 5) is 27.9. The molecule has 0 aliphatic heterocycles. The lowest BCUT2D eigenvalue weighted by molar-refractivity contribution is 0.0693. The maximum absolute atomic E-state index is 12.6. The fourth-order valence-electron chi connectivity index (χ4n) is 4.47. The highest BCUT2D eigenvalue weighted by molar-refractivity contribution is 6.14. The molecule has 0 aliphatic carbocycles. The van der Waals surface area contributed by atoms with Crippen LogP contribution in [0.3, 0.4) is 0 Å². The van der Waals surface area contributed by atoms with Crippen molar-refractivity contribution in [1.29, 1.82) is 0 Å². The minimum Gasteiger partial charge on any atom is -0.478 e. The minimum atomic E-state index is -1.11. The molecule has 0 atom stereocenters. The number of carbonyl (C=O) groups excluding carboxylic acids is 1. The Morgan fingerprint density at radius 2 is 1.31 bits per heavy atom. The smallest absolute Gasteiger partial charge is 0.336 e. The fourth-order valence-corrected chi connectivity index (χ4v) is 4.47. The maximum Gasteiger partial charge on any atom is 0.336 e. The van der Waals surface area contributed by atoms with E-state index in [-0.39, 0.29) is 16.9 Å². The van der Waals surface area contributed by atoms with Crippen LogP contribution >= 0.6 is 0 Å². The van der Waals surface area contributed by atoms with Crippen LogP contribution in [0.15, 0.2) is 103 Å². The number of carbonyl (C=O) groups is 2. The second-order valence-electron chi connectivity index (χ2n) is 9.74. The van der Waals surface area contributed by atoms with E-state index < -0.39 is 5.97 Å². The van der Waals surface area contributed by atoms with Gasteiger partial charge in [0.05, 0.1) is 11.3 Å². The first-order valence-electron chi connectivity index (χ1n) is 12.7. The van der Waals surface area contributed by atoms with E-state index in [1.54, 1.807) is 29.2 Å². The van der Waals surface area contributed by atoms with Gasteiger partial charge in [-0.25, -0.2) is 4.79 Å². The third-order valence-corrected chi connectivity index (χ3v) is 6.56. The number of rotatable bonds is 6. The van der Waals surface area contributed by atoms with Crippen LogP contribution in [0.2, 0.25) is 0 Å². The van der Waals surface area contributed by atoms with Crippen molar-refractivity contribution in [3.05, 3.63) is 126 Å². The van der Waals surface area contributed by atoms with Crippen LogP contribution in [0.25, 0.3) is 16.8 Å². The van der Waals surface area contributed by atoms with E-state index in [9.17, 15) is 14.7 Å². The molecule has 0 radical (unpaired) electrons. The van der Waals surface area contributed by atoms with Gasteiger partial charge in [-0.05, 0) is 78.7 Å². The number of benzene rings is 3. The molecule has 0 amide bonds. The van der Waals surface area contributed by atoms with Gasteiger partial charge < -0.3 is 19.3 Å². The summed E-state index contributed by atoms with van der Waals surface area (Å²) >= 11 is 0. The van der Waals surface area contributed by atoms with Gasteiger partial charge in [-0.1, -0.05) is 36.4 Å². The Morgan fingerprint density at radius 3 is 1.92 bits per heavy atom. The van der Waals surface area contributed by atoms with E-state index >= 15 is 0 Å². The molecule has 6 heteroatoms. The summed E-state index contributed by atoms with van der Waals surface area (Å²) in [7, 11) is 7.48. The average molecular weight is 520 g/mol. The molecule has 39 heavy (non-hydrogen) atoms. The third-order valence-electron chi connectivity index (χ3n) is 6.56. The number of aryl methyl sites for hydroxylation is 1. The van der Waals surface area contributed by atoms with Crippen LogP contribution in [-0.2, 0) is 0 Å². The lowest BCUT2D eigenvalue weighted by Crippen LogP contribution is -2.14. The number of hydrogen-bond donors (Lipinski definition) is 1. The van der Waals surface area contributed by atoms with Gasteiger partial charge in [0.2, 0.25) is 0 Å². The van der Waals surface area contributed by atoms with Gasteiger partial charge in [-0.2, -0.15) is 0 Å². The number of pyridine rings is 1. The zero-order valence-electron chi connectivity index (χ0n) is 22.9. The van der Waals surface area contributed by atoms with E-state index in [0.29, 0.717) is 5.56 Å². The van der Waals surface area contributed by atoms with Crippen LogP contribution in [0.1, 0.15) is 31.8 Å². The Morgan fingerprint density at radius 1 is 0.692 bits per heavy atom. The molecule has 0 bridgehead atoms. The number of aromatic nitrogens is 1. The van der Waals surface area contributed by atoms with Gasteiger partial charge in [0.15, 0.2) is 5.78 Å². The molecule has 2 heterocycles. The number of aromatic carboxylic acids is 1. The molecule has 0 fully saturated rings. The first kappa shape index (κ1) is 27.2. The minimum absolute atomic E-state index is 0.0119. The van der Waals surface area contributed by atoms with E-state index in [1.165, 1.54) is 28.4 Å².